The topological polar surface area (TPSA) is 95.9 Å². The van der Waals surface area contributed by atoms with E-state index in [1.165, 1.54) is 334 Å². The molecule has 0 aromatic heterocycles. The van der Waals surface area contributed by atoms with Crippen LogP contribution in [0.15, 0.2) is 12.2 Å². The number of unbranched alkanes of at least 4 members (excludes halogenated alkanes) is 55. The van der Waals surface area contributed by atoms with Crippen molar-refractivity contribution in [1.29, 1.82) is 0 Å². The molecule has 3 N–H and O–H groups in total. The standard InChI is InChI=1S/C72H141NO5/c1-3-5-7-9-11-13-15-17-19-21-22-27-30-33-36-40-44-48-52-56-60-64-70(75)69(68-74)73-71(76)65-61-57-53-49-45-41-37-34-31-28-25-23-24-26-29-32-35-39-43-47-51-55-59-63-67-78-72(77)66-62-58-54-50-46-42-38-20-18-16-14-12-10-8-6-4-2/h20,38,69-70,74-75H,3-19,21-37,39-68H2,1-2H3,(H,73,76)/b38-20-. The predicted molar refractivity (Wildman–Crippen MR) is 343 cm³/mol. The first kappa shape index (κ1) is 76.6. The first-order valence-corrected chi connectivity index (χ1v) is 35.9. The first-order chi connectivity index (χ1) is 38.5. The number of allylic oxidation sites excluding steroid dienone is 2. The Labute approximate surface area is 489 Å². The van der Waals surface area contributed by atoms with Gasteiger partial charge in [-0.1, -0.05) is 360 Å². The van der Waals surface area contributed by atoms with E-state index >= 15 is 0 Å². The van der Waals surface area contributed by atoms with Gasteiger partial charge in [0.15, 0.2) is 0 Å². The van der Waals surface area contributed by atoms with Crippen LogP contribution in [0.3, 0.4) is 0 Å². The summed E-state index contributed by atoms with van der Waals surface area (Å²) in [4.78, 5) is 24.6. The highest BCUT2D eigenvalue weighted by atomic mass is 16.5. The SMILES string of the molecule is CCCCCCCCC/C=C\CCCCCCCC(=O)OCCCCCCCCCCCCCCCCCCCCCCCCCCC(=O)NC(CO)C(O)CCCCCCCCCCCCCCCCCCCCCCC. The van der Waals surface area contributed by atoms with E-state index < -0.39 is 12.1 Å². The minimum Gasteiger partial charge on any atom is -0.466 e. The van der Waals surface area contributed by atoms with Crippen LogP contribution in [0, 0.1) is 0 Å². The van der Waals surface area contributed by atoms with Crippen LogP contribution in [0.25, 0.3) is 0 Å². The molecule has 0 radical (unpaired) electrons. The van der Waals surface area contributed by atoms with Crippen LogP contribution in [-0.4, -0.2) is 47.4 Å². The van der Waals surface area contributed by atoms with E-state index in [0.717, 1.165) is 44.9 Å². The van der Waals surface area contributed by atoms with Crippen molar-refractivity contribution in [1.82, 2.24) is 5.32 Å². The number of carbonyl (C=O) groups is 2. The van der Waals surface area contributed by atoms with Crippen molar-refractivity contribution in [2.75, 3.05) is 13.2 Å². The Kier molecular flexibility index (Phi) is 66.9. The number of esters is 1. The van der Waals surface area contributed by atoms with Crippen molar-refractivity contribution in [2.24, 2.45) is 0 Å². The summed E-state index contributed by atoms with van der Waals surface area (Å²) in [6.07, 6.45) is 84.0. The Hall–Kier alpha value is -1.40. The zero-order valence-corrected chi connectivity index (χ0v) is 53.2. The molecule has 464 valence electrons. The molecule has 0 bridgehead atoms. The van der Waals surface area contributed by atoms with Crippen molar-refractivity contribution in [3.8, 4) is 0 Å². The third kappa shape index (κ3) is 63.8. The molecule has 0 spiro atoms. The number of aliphatic hydroxyl groups excluding tert-OH is 2. The highest BCUT2D eigenvalue weighted by Crippen LogP contribution is 2.19. The number of aliphatic hydroxyl groups is 2. The van der Waals surface area contributed by atoms with Crippen LogP contribution in [0.5, 0.6) is 0 Å². The van der Waals surface area contributed by atoms with Crippen molar-refractivity contribution in [2.45, 2.75) is 424 Å². The molecule has 0 aromatic rings. The summed E-state index contributed by atoms with van der Waals surface area (Å²) in [5.74, 6) is -0.0195. The maximum atomic E-state index is 12.5. The first-order valence-electron chi connectivity index (χ1n) is 35.9. The molecular formula is C72H141NO5. The molecule has 2 unspecified atom stereocenters. The van der Waals surface area contributed by atoms with Gasteiger partial charge in [0.1, 0.15) is 0 Å². The third-order valence-electron chi connectivity index (χ3n) is 17.1. The summed E-state index contributed by atoms with van der Waals surface area (Å²) in [5.41, 5.74) is 0. The van der Waals surface area contributed by atoms with Gasteiger partial charge in [-0.15, -0.1) is 0 Å². The second kappa shape index (κ2) is 68.1. The second-order valence-corrected chi connectivity index (χ2v) is 24.9. The molecule has 2 atom stereocenters. The minimum absolute atomic E-state index is 0.00935. The maximum Gasteiger partial charge on any atom is 0.305 e. The molecular weight excluding hydrogens is 959 g/mol. The zero-order chi connectivity index (χ0) is 56.4. The molecule has 0 rings (SSSR count). The number of carbonyl (C=O) groups excluding carboxylic acids is 2. The molecule has 6 nitrogen and oxygen atoms in total. The van der Waals surface area contributed by atoms with Crippen molar-refractivity contribution in [3.63, 3.8) is 0 Å². The second-order valence-electron chi connectivity index (χ2n) is 24.9. The Morgan fingerprint density at radius 3 is 0.910 bits per heavy atom. The summed E-state index contributed by atoms with van der Waals surface area (Å²) in [6, 6.07) is -0.541. The fourth-order valence-electron chi connectivity index (χ4n) is 11.6. The lowest BCUT2D eigenvalue weighted by atomic mass is 10.0. The van der Waals surface area contributed by atoms with Crippen LogP contribution >= 0.6 is 0 Å². The smallest absolute Gasteiger partial charge is 0.305 e. The van der Waals surface area contributed by atoms with Gasteiger partial charge in [0.25, 0.3) is 0 Å². The van der Waals surface area contributed by atoms with Crippen molar-refractivity contribution < 1.29 is 24.5 Å². The highest BCUT2D eigenvalue weighted by molar-refractivity contribution is 5.76. The number of hydrogen-bond acceptors (Lipinski definition) is 5. The van der Waals surface area contributed by atoms with Crippen LogP contribution in [0.1, 0.15) is 412 Å². The minimum atomic E-state index is -0.664. The number of amides is 1. The van der Waals surface area contributed by atoms with Crippen LogP contribution < -0.4 is 5.32 Å². The molecule has 1 amide bonds. The van der Waals surface area contributed by atoms with Gasteiger partial charge in [0, 0.05) is 12.8 Å². The van der Waals surface area contributed by atoms with Gasteiger partial charge in [0.05, 0.1) is 25.4 Å². The quantitative estimate of drug-likeness (QED) is 0.0320. The number of nitrogens with one attached hydrogen (secondary N) is 1. The molecule has 78 heavy (non-hydrogen) atoms. The summed E-state index contributed by atoms with van der Waals surface area (Å²) in [6.45, 7) is 4.99. The highest BCUT2D eigenvalue weighted by Gasteiger charge is 2.20. The Morgan fingerprint density at radius 2 is 0.603 bits per heavy atom. The average Bonchev–Trinajstić information content (AvgIpc) is 3.44. The van der Waals surface area contributed by atoms with E-state index in [4.69, 9.17) is 4.74 Å². The molecule has 0 heterocycles. The largest absolute Gasteiger partial charge is 0.466 e. The number of ether oxygens (including phenoxy) is 1. The molecule has 6 heteroatoms. The Balaban J connectivity index is 3.36. The van der Waals surface area contributed by atoms with E-state index in [9.17, 15) is 19.8 Å². The van der Waals surface area contributed by atoms with E-state index in [1.807, 2.05) is 0 Å². The number of hydrogen-bond donors (Lipinski definition) is 3. The molecule has 0 aliphatic carbocycles. The fourth-order valence-corrected chi connectivity index (χ4v) is 11.6. The lowest BCUT2D eigenvalue weighted by Gasteiger charge is -2.22. The molecule has 0 saturated carbocycles. The normalized spacial score (nSPS) is 12.5. The molecule has 0 saturated heterocycles. The van der Waals surface area contributed by atoms with E-state index in [-0.39, 0.29) is 18.5 Å². The Morgan fingerprint density at radius 1 is 0.346 bits per heavy atom. The molecule has 0 fully saturated rings. The lowest BCUT2D eigenvalue weighted by Crippen LogP contribution is -2.45. The van der Waals surface area contributed by atoms with Gasteiger partial charge >= 0.3 is 5.97 Å². The van der Waals surface area contributed by atoms with E-state index in [1.54, 1.807) is 0 Å². The van der Waals surface area contributed by atoms with Gasteiger partial charge in [0.2, 0.25) is 5.91 Å². The van der Waals surface area contributed by atoms with Crippen LogP contribution in [-0.2, 0) is 14.3 Å². The van der Waals surface area contributed by atoms with Crippen LogP contribution in [0.2, 0.25) is 0 Å². The average molecular weight is 1100 g/mol. The predicted octanol–water partition coefficient (Wildman–Crippen LogP) is 23.1. The lowest BCUT2D eigenvalue weighted by molar-refractivity contribution is -0.143. The van der Waals surface area contributed by atoms with Gasteiger partial charge in [-0.2, -0.15) is 0 Å². The number of rotatable bonds is 68. The van der Waals surface area contributed by atoms with Gasteiger partial charge < -0.3 is 20.3 Å². The van der Waals surface area contributed by atoms with Gasteiger partial charge in [-0.3, -0.25) is 9.59 Å². The molecule has 0 aromatic carbocycles. The summed E-state index contributed by atoms with van der Waals surface area (Å²) in [7, 11) is 0. The van der Waals surface area contributed by atoms with Crippen LogP contribution in [0.4, 0.5) is 0 Å². The van der Waals surface area contributed by atoms with Gasteiger partial charge in [-0.25, -0.2) is 0 Å². The summed E-state index contributed by atoms with van der Waals surface area (Å²) < 4.78 is 5.50. The molecule has 0 aliphatic rings. The molecule has 0 aliphatic heterocycles. The van der Waals surface area contributed by atoms with Crippen molar-refractivity contribution >= 4 is 11.9 Å². The summed E-state index contributed by atoms with van der Waals surface area (Å²) in [5, 5.41) is 23.4. The Bertz CT molecular complexity index is 1180. The van der Waals surface area contributed by atoms with E-state index in [2.05, 4.69) is 31.3 Å². The van der Waals surface area contributed by atoms with Crippen molar-refractivity contribution in [3.05, 3.63) is 12.2 Å². The third-order valence-corrected chi connectivity index (χ3v) is 17.1. The monoisotopic (exact) mass is 1100 g/mol. The van der Waals surface area contributed by atoms with E-state index in [0.29, 0.717) is 25.9 Å². The maximum absolute atomic E-state index is 12.5. The zero-order valence-electron chi connectivity index (χ0n) is 53.2. The van der Waals surface area contributed by atoms with Gasteiger partial charge in [-0.05, 0) is 51.4 Å². The summed E-state index contributed by atoms with van der Waals surface area (Å²) >= 11 is 0. The fraction of sp³-hybridized carbons (Fsp3) is 0.944.